The molecule has 22 heavy (non-hydrogen) atoms. The van der Waals surface area contributed by atoms with Crippen molar-refractivity contribution in [3.05, 3.63) is 35.9 Å². The smallest absolute Gasteiger partial charge is 0.410 e. The Hall–Kier alpha value is -2.04. The number of hydrogen-bond acceptors (Lipinski definition) is 3. The van der Waals surface area contributed by atoms with Gasteiger partial charge in [0.15, 0.2) is 0 Å². The molecular formula is C17H22N2O3. The van der Waals surface area contributed by atoms with Crippen LogP contribution in [0.15, 0.2) is 30.3 Å². The van der Waals surface area contributed by atoms with E-state index in [1.165, 1.54) is 0 Å². The first-order chi connectivity index (χ1) is 10.7. The maximum atomic E-state index is 12.2. The second kappa shape index (κ2) is 6.38. The van der Waals surface area contributed by atoms with Crippen LogP contribution in [-0.2, 0) is 16.1 Å². The maximum Gasteiger partial charge on any atom is 0.410 e. The van der Waals surface area contributed by atoms with Crippen molar-refractivity contribution in [1.82, 2.24) is 10.2 Å². The topological polar surface area (TPSA) is 58.6 Å². The average molecular weight is 302 g/mol. The van der Waals surface area contributed by atoms with Crippen molar-refractivity contribution in [3.63, 3.8) is 0 Å². The number of carbonyl (C=O) groups excluding carboxylic acids is 2. The van der Waals surface area contributed by atoms with Crippen LogP contribution < -0.4 is 5.32 Å². The minimum atomic E-state index is -0.259. The monoisotopic (exact) mass is 302 g/mol. The standard InChI is InChI=1S/C17H22N2O3/c20-15-7-9-17(18-15)8-4-11-19(12-10-17)16(21)22-13-14-5-2-1-3-6-14/h1-3,5-6H,4,7-13H2,(H,18,20)/t17-/m1/s1. The molecule has 2 heterocycles. The van der Waals surface area contributed by atoms with E-state index in [0.717, 1.165) is 31.2 Å². The predicted octanol–water partition coefficient (Wildman–Crippen LogP) is 2.46. The quantitative estimate of drug-likeness (QED) is 0.913. The molecule has 0 saturated carbocycles. The Morgan fingerprint density at radius 1 is 1.18 bits per heavy atom. The molecule has 2 saturated heterocycles. The zero-order valence-corrected chi connectivity index (χ0v) is 12.7. The van der Waals surface area contributed by atoms with E-state index in [9.17, 15) is 9.59 Å². The van der Waals surface area contributed by atoms with Gasteiger partial charge in [0.05, 0.1) is 0 Å². The second-order valence-electron chi connectivity index (χ2n) is 6.21. The number of benzene rings is 1. The Morgan fingerprint density at radius 2 is 2.00 bits per heavy atom. The minimum Gasteiger partial charge on any atom is -0.445 e. The highest BCUT2D eigenvalue weighted by atomic mass is 16.6. The fourth-order valence-corrected chi connectivity index (χ4v) is 3.34. The molecule has 2 aliphatic rings. The molecule has 2 aliphatic heterocycles. The Balaban J connectivity index is 1.52. The summed E-state index contributed by atoms with van der Waals surface area (Å²) in [4.78, 5) is 25.5. The van der Waals surface area contributed by atoms with Crippen LogP contribution >= 0.6 is 0 Å². The van der Waals surface area contributed by atoms with E-state index < -0.39 is 0 Å². The van der Waals surface area contributed by atoms with Crippen LogP contribution in [0.1, 0.15) is 37.7 Å². The van der Waals surface area contributed by atoms with E-state index in [1.54, 1.807) is 4.90 Å². The second-order valence-corrected chi connectivity index (χ2v) is 6.21. The maximum absolute atomic E-state index is 12.2. The lowest BCUT2D eigenvalue weighted by molar-refractivity contribution is -0.119. The van der Waals surface area contributed by atoms with Crippen molar-refractivity contribution >= 4 is 12.0 Å². The Morgan fingerprint density at radius 3 is 2.73 bits per heavy atom. The largest absolute Gasteiger partial charge is 0.445 e. The fourth-order valence-electron chi connectivity index (χ4n) is 3.34. The highest BCUT2D eigenvalue weighted by Gasteiger charge is 2.39. The molecule has 1 aromatic rings. The van der Waals surface area contributed by atoms with Gasteiger partial charge in [-0.05, 0) is 31.2 Å². The number of hydrogen-bond donors (Lipinski definition) is 1. The minimum absolute atomic E-state index is 0.0917. The van der Waals surface area contributed by atoms with Gasteiger partial charge in [-0.25, -0.2) is 4.79 Å². The van der Waals surface area contributed by atoms with Gasteiger partial charge in [0.2, 0.25) is 5.91 Å². The predicted molar refractivity (Wildman–Crippen MR) is 82.2 cm³/mol. The van der Waals surface area contributed by atoms with Gasteiger partial charge in [-0.3, -0.25) is 4.79 Å². The zero-order valence-electron chi connectivity index (χ0n) is 12.7. The zero-order chi connectivity index (χ0) is 15.4. The van der Waals surface area contributed by atoms with E-state index in [1.807, 2.05) is 30.3 Å². The van der Waals surface area contributed by atoms with Crippen molar-refractivity contribution in [1.29, 1.82) is 0 Å². The molecule has 0 radical (unpaired) electrons. The lowest BCUT2D eigenvalue weighted by Crippen LogP contribution is -2.42. The average Bonchev–Trinajstić information content (AvgIpc) is 2.77. The Bertz CT molecular complexity index is 546. The van der Waals surface area contributed by atoms with Crippen LogP contribution in [0.5, 0.6) is 0 Å². The summed E-state index contributed by atoms with van der Waals surface area (Å²) in [6.07, 6.45) is 3.91. The number of ether oxygens (including phenoxy) is 1. The molecule has 2 fully saturated rings. The summed E-state index contributed by atoms with van der Waals surface area (Å²) in [5.41, 5.74) is 0.899. The molecule has 5 heteroatoms. The van der Waals surface area contributed by atoms with Crippen molar-refractivity contribution in [2.24, 2.45) is 0 Å². The van der Waals surface area contributed by atoms with Gasteiger partial charge in [-0.1, -0.05) is 30.3 Å². The normalized spacial score (nSPS) is 24.9. The van der Waals surface area contributed by atoms with E-state index >= 15 is 0 Å². The molecule has 5 nitrogen and oxygen atoms in total. The van der Waals surface area contributed by atoms with Crippen LogP contribution in [0.3, 0.4) is 0 Å². The van der Waals surface area contributed by atoms with Crippen molar-refractivity contribution in [3.8, 4) is 0 Å². The summed E-state index contributed by atoms with van der Waals surface area (Å²) < 4.78 is 5.39. The molecular weight excluding hydrogens is 280 g/mol. The summed E-state index contributed by atoms with van der Waals surface area (Å²) in [6, 6.07) is 9.69. The van der Waals surface area contributed by atoms with Gasteiger partial charge in [-0.2, -0.15) is 0 Å². The molecule has 1 aromatic carbocycles. The SMILES string of the molecule is O=C1CC[C@@]2(CCCN(C(=O)OCc3ccccc3)CC2)N1. The first-order valence-corrected chi connectivity index (χ1v) is 7.94. The summed E-state index contributed by atoms with van der Waals surface area (Å²) in [7, 11) is 0. The van der Waals surface area contributed by atoms with Crippen LogP contribution in [0.4, 0.5) is 4.79 Å². The summed E-state index contributed by atoms with van der Waals surface area (Å²) >= 11 is 0. The van der Waals surface area contributed by atoms with Gasteiger partial charge in [0.25, 0.3) is 0 Å². The molecule has 1 atom stereocenters. The van der Waals surface area contributed by atoms with E-state index in [4.69, 9.17) is 4.74 Å². The number of nitrogens with one attached hydrogen (secondary N) is 1. The highest BCUT2D eigenvalue weighted by Crippen LogP contribution is 2.31. The third-order valence-corrected chi connectivity index (χ3v) is 4.64. The summed E-state index contributed by atoms with van der Waals surface area (Å²) in [5, 5.41) is 3.11. The van der Waals surface area contributed by atoms with Crippen molar-refractivity contribution < 1.29 is 14.3 Å². The first-order valence-electron chi connectivity index (χ1n) is 7.94. The summed E-state index contributed by atoms with van der Waals surface area (Å²) in [5.74, 6) is 0.139. The Kier molecular flexibility index (Phi) is 4.32. The van der Waals surface area contributed by atoms with Gasteiger partial charge >= 0.3 is 6.09 Å². The lowest BCUT2D eigenvalue weighted by atomic mass is 9.89. The lowest BCUT2D eigenvalue weighted by Gasteiger charge is -2.27. The van der Waals surface area contributed by atoms with Gasteiger partial charge < -0.3 is 15.0 Å². The molecule has 0 aliphatic carbocycles. The molecule has 1 spiro atoms. The molecule has 2 amide bonds. The number of rotatable bonds is 2. The van der Waals surface area contributed by atoms with Gasteiger partial charge in [-0.15, -0.1) is 0 Å². The highest BCUT2D eigenvalue weighted by molar-refractivity contribution is 5.79. The van der Waals surface area contributed by atoms with Crippen molar-refractivity contribution in [2.45, 2.75) is 44.2 Å². The molecule has 0 bridgehead atoms. The molecule has 1 N–H and O–H groups in total. The van der Waals surface area contributed by atoms with E-state index in [-0.39, 0.29) is 17.5 Å². The van der Waals surface area contributed by atoms with Gasteiger partial charge in [0.1, 0.15) is 6.61 Å². The van der Waals surface area contributed by atoms with Gasteiger partial charge in [0, 0.05) is 25.0 Å². The molecule has 0 aromatic heterocycles. The third-order valence-electron chi connectivity index (χ3n) is 4.64. The molecule has 0 unspecified atom stereocenters. The number of likely N-dealkylation sites (tertiary alicyclic amines) is 1. The van der Waals surface area contributed by atoms with Crippen LogP contribution in [0.25, 0.3) is 0 Å². The third kappa shape index (κ3) is 3.40. The van der Waals surface area contributed by atoms with E-state index in [0.29, 0.717) is 26.1 Å². The number of carbonyl (C=O) groups is 2. The number of nitrogens with zero attached hydrogens (tertiary/aromatic N) is 1. The molecule has 118 valence electrons. The van der Waals surface area contributed by atoms with Crippen LogP contribution in [0.2, 0.25) is 0 Å². The van der Waals surface area contributed by atoms with Crippen LogP contribution in [-0.4, -0.2) is 35.5 Å². The summed E-state index contributed by atoms with van der Waals surface area (Å²) in [6.45, 7) is 1.65. The fraction of sp³-hybridized carbons (Fsp3) is 0.529. The van der Waals surface area contributed by atoms with Crippen LogP contribution in [0, 0.1) is 0 Å². The molecule has 3 rings (SSSR count). The Labute approximate surface area is 130 Å². The van der Waals surface area contributed by atoms with E-state index in [2.05, 4.69) is 5.32 Å². The van der Waals surface area contributed by atoms with Crippen molar-refractivity contribution in [2.75, 3.05) is 13.1 Å². The first kappa shape index (κ1) is 14.9. The number of amides is 2.